The quantitative estimate of drug-likeness (QED) is 0.382. The second-order valence-electron chi connectivity index (χ2n) is 7.56. The lowest BCUT2D eigenvalue weighted by atomic mass is 10.1. The van der Waals surface area contributed by atoms with Crippen LogP contribution in [0.15, 0.2) is 79.0 Å². The first-order valence-corrected chi connectivity index (χ1v) is 10.7. The molecule has 2 aromatic heterocycles. The zero-order valence-corrected chi connectivity index (χ0v) is 18.0. The molecule has 0 bridgehead atoms. The lowest BCUT2D eigenvalue weighted by Gasteiger charge is -2.09. The van der Waals surface area contributed by atoms with Crippen LogP contribution in [0.2, 0.25) is 0 Å². The minimum Gasteiger partial charge on any atom is -0.494 e. The third kappa shape index (κ3) is 4.13. The molecule has 164 valence electrons. The molecule has 0 saturated heterocycles. The Kier molecular flexibility index (Phi) is 5.44. The van der Waals surface area contributed by atoms with Gasteiger partial charge in [0.2, 0.25) is 5.91 Å². The highest BCUT2D eigenvalue weighted by atomic mass is 19.1. The van der Waals surface area contributed by atoms with E-state index in [2.05, 4.69) is 10.3 Å². The molecule has 1 amide bonds. The van der Waals surface area contributed by atoms with Gasteiger partial charge in [-0.05, 0) is 49.4 Å². The van der Waals surface area contributed by atoms with Gasteiger partial charge in [-0.3, -0.25) is 14.5 Å². The number of anilines is 1. The molecule has 1 N–H and O–H groups in total. The van der Waals surface area contributed by atoms with Crippen LogP contribution < -0.4 is 10.1 Å². The van der Waals surface area contributed by atoms with Crippen molar-refractivity contribution in [3.63, 3.8) is 0 Å². The maximum absolute atomic E-state index is 14.1. The SMILES string of the molecule is CCOc1ccc(NC(=O)Cn2nc(-c3ccccc3)c3cnc4ccc(F)cc4c32)cc1. The van der Waals surface area contributed by atoms with Crippen LogP contribution in [0, 0.1) is 5.82 Å². The van der Waals surface area contributed by atoms with E-state index >= 15 is 0 Å². The van der Waals surface area contributed by atoms with Crippen molar-refractivity contribution in [1.82, 2.24) is 14.8 Å². The van der Waals surface area contributed by atoms with E-state index in [4.69, 9.17) is 9.84 Å². The van der Waals surface area contributed by atoms with E-state index in [0.29, 0.717) is 34.4 Å². The monoisotopic (exact) mass is 440 g/mol. The number of pyridine rings is 1. The van der Waals surface area contributed by atoms with Crippen molar-refractivity contribution in [1.29, 1.82) is 0 Å². The summed E-state index contributed by atoms with van der Waals surface area (Å²) in [5, 5.41) is 8.99. The predicted octanol–water partition coefficient (Wildman–Crippen LogP) is 5.43. The van der Waals surface area contributed by atoms with E-state index in [0.717, 1.165) is 16.7 Å². The Morgan fingerprint density at radius 2 is 1.82 bits per heavy atom. The summed E-state index contributed by atoms with van der Waals surface area (Å²) in [4.78, 5) is 17.4. The molecule has 2 heterocycles. The zero-order valence-electron chi connectivity index (χ0n) is 18.0. The first kappa shape index (κ1) is 20.6. The topological polar surface area (TPSA) is 69.0 Å². The van der Waals surface area contributed by atoms with Crippen LogP contribution in [-0.4, -0.2) is 27.3 Å². The minimum absolute atomic E-state index is 0.0355. The van der Waals surface area contributed by atoms with E-state index in [9.17, 15) is 9.18 Å². The highest BCUT2D eigenvalue weighted by Crippen LogP contribution is 2.32. The average molecular weight is 440 g/mol. The molecule has 0 atom stereocenters. The second-order valence-corrected chi connectivity index (χ2v) is 7.56. The summed E-state index contributed by atoms with van der Waals surface area (Å²) in [7, 11) is 0. The summed E-state index contributed by atoms with van der Waals surface area (Å²) in [6, 6.07) is 21.3. The van der Waals surface area contributed by atoms with E-state index in [1.807, 2.05) is 37.3 Å². The number of carbonyl (C=O) groups is 1. The second kappa shape index (κ2) is 8.70. The van der Waals surface area contributed by atoms with Gasteiger partial charge in [0, 0.05) is 28.2 Å². The Morgan fingerprint density at radius 1 is 1.03 bits per heavy atom. The summed E-state index contributed by atoms with van der Waals surface area (Å²) in [6.07, 6.45) is 1.73. The number of ether oxygens (including phenoxy) is 1. The van der Waals surface area contributed by atoms with Gasteiger partial charge in [0.05, 0.1) is 17.6 Å². The van der Waals surface area contributed by atoms with Crippen LogP contribution in [0.5, 0.6) is 5.75 Å². The maximum Gasteiger partial charge on any atom is 0.246 e. The fraction of sp³-hybridized carbons (Fsp3) is 0.115. The summed E-state index contributed by atoms with van der Waals surface area (Å²) in [6.45, 7) is 2.45. The van der Waals surface area contributed by atoms with Crippen molar-refractivity contribution in [2.45, 2.75) is 13.5 Å². The van der Waals surface area contributed by atoms with Gasteiger partial charge in [0.25, 0.3) is 0 Å². The summed E-state index contributed by atoms with van der Waals surface area (Å²) in [5.41, 5.74) is 3.54. The average Bonchev–Trinajstić information content (AvgIpc) is 3.19. The first-order valence-electron chi connectivity index (χ1n) is 10.7. The highest BCUT2D eigenvalue weighted by molar-refractivity contribution is 6.08. The third-order valence-corrected chi connectivity index (χ3v) is 5.33. The standard InChI is InChI=1S/C26H21FN4O2/c1-2-33-20-11-9-19(10-12-20)29-24(32)16-31-26-21-14-18(27)8-13-23(21)28-15-22(26)25(30-31)17-6-4-3-5-7-17/h3-15H,2,16H2,1H3,(H,29,32). The molecule has 0 aliphatic rings. The Hall–Kier alpha value is -4.26. The Balaban J connectivity index is 1.55. The third-order valence-electron chi connectivity index (χ3n) is 5.33. The Labute approximate surface area is 189 Å². The van der Waals surface area contributed by atoms with Crippen LogP contribution in [0.25, 0.3) is 33.1 Å². The molecular formula is C26H21FN4O2. The van der Waals surface area contributed by atoms with Crippen molar-refractivity contribution in [3.8, 4) is 17.0 Å². The van der Waals surface area contributed by atoms with Gasteiger partial charge in [-0.15, -0.1) is 0 Å². The molecular weight excluding hydrogens is 419 g/mol. The molecule has 33 heavy (non-hydrogen) atoms. The summed E-state index contributed by atoms with van der Waals surface area (Å²) < 4.78 is 21.2. The van der Waals surface area contributed by atoms with E-state index in [1.165, 1.54) is 12.1 Å². The number of aromatic nitrogens is 3. The van der Waals surface area contributed by atoms with Gasteiger partial charge in [-0.1, -0.05) is 30.3 Å². The predicted molar refractivity (Wildman–Crippen MR) is 127 cm³/mol. The molecule has 5 rings (SSSR count). The number of benzene rings is 3. The minimum atomic E-state index is -0.371. The molecule has 0 unspecified atom stereocenters. The maximum atomic E-state index is 14.1. The molecule has 6 nitrogen and oxygen atoms in total. The number of amides is 1. The number of fused-ring (bicyclic) bond motifs is 3. The van der Waals surface area contributed by atoms with E-state index in [1.54, 1.807) is 41.2 Å². The van der Waals surface area contributed by atoms with E-state index < -0.39 is 0 Å². The normalized spacial score (nSPS) is 11.1. The highest BCUT2D eigenvalue weighted by Gasteiger charge is 2.18. The molecule has 0 aliphatic carbocycles. The van der Waals surface area contributed by atoms with Crippen molar-refractivity contribution in [2.24, 2.45) is 0 Å². The number of halogens is 1. The number of hydrogen-bond donors (Lipinski definition) is 1. The number of carbonyl (C=O) groups excluding carboxylic acids is 1. The van der Waals surface area contributed by atoms with Crippen molar-refractivity contribution >= 4 is 33.4 Å². The van der Waals surface area contributed by atoms with Crippen LogP contribution in [0.4, 0.5) is 10.1 Å². The van der Waals surface area contributed by atoms with Crippen LogP contribution in [-0.2, 0) is 11.3 Å². The van der Waals surface area contributed by atoms with Crippen molar-refractivity contribution < 1.29 is 13.9 Å². The van der Waals surface area contributed by atoms with Gasteiger partial charge < -0.3 is 10.1 Å². The first-order chi connectivity index (χ1) is 16.1. The molecule has 0 saturated carbocycles. The van der Waals surface area contributed by atoms with Gasteiger partial charge >= 0.3 is 0 Å². The van der Waals surface area contributed by atoms with Crippen molar-refractivity contribution in [2.75, 3.05) is 11.9 Å². The molecule has 0 radical (unpaired) electrons. The number of nitrogens with one attached hydrogen (secondary N) is 1. The van der Waals surface area contributed by atoms with Crippen LogP contribution in [0.1, 0.15) is 6.92 Å². The lowest BCUT2D eigenvalue weighted by Crippen LogP contribution is -2.19. The fourth-order valence-corrected chi connectivity index (χ4v) is 3.89. The molecule has 5 aromatic rings. The number of nitrogens with zero attached hydrogens (tertiary/aromatic N) is 3. The molecule has 0 spiro atoms. The van der Waals surface area contributed by atoms with Gasteiger partial charge in [-0.25, -0.2) is 4.39 Å². The van der Waals surface area contributed by atoms with Gasteiger partial charge in [0.1, 0.15) is 23.8 Å². The molecule has 3 aromatic carbocycles. The molecule has 0 fully saturated rings. The fourth-order valence-electron chi connectivity index (χ4n) is 3.89. The zero-order chi connectivity index (χ0) is 22.8. The smallest absolute Gasteiger partial charge is 0.246 e. The van der Waals surface area contributed by atoms with E-state index in [-0.39, 0.29) is 18.3 Å². The summed E-state index contributed by atoms with van der Waals surface area (Å²) in [5.74, 6) is 0.122. The largest absolute Gasteiger partial charge is 0.494 e. The summed E-state index contributed by atoms with van der Waals surface area (Å²) >= 11 is 0. The Morgan fingerprint density at radius 3 is 2.58 bits per heavy atom. The lowest BCUT2D eigenvalue weighted by molar-refractivity contribution is -0.116. The van der Waals surface area contributed by atoms with Crippen LogP contribution in [0.3, 0.4) is 0 Å². The van der Waals surface area contributed by atoms with Crippen molar-refractivity contribution in [3.05, 3.63) is 84.8 Å². The Bertz CT molecular complexity index is 1450. The van der Waals surface area contributed by atoms with Gasteiger partial charge in [-0.2, -0.15) is 5.10 Å². The van der Waals surface area contributed by atoms with Gasteiger partial charge in [0.15, 0.2) is 0 Å². The number of rotatable bonds is 6. The number of hydrogen-bond acceptors (Lipinski definition) is 4. The molecule has 7 heteroatoms. The van der Waals surface area contributed by atoms with Crippen LogP contribution >= 0.6 is 0 Å². The molecule has 0 aliphatic heterocycles.